The molecule has 0 aliphatic carbocycles. The van der Waals surface area contributed by atoms with Gasteiger partial charge in [0.2, 0.25) is 0 Å². The third kappa shape index (κ3) is 2.03. The van der Waals surface area contributed by atoms with Gasteiger partial charge in [-0.3, -0.25) is 4.79 Å². The fraction of sp³-hybridized carbons (Fsp3) is 0. The molecule has 0 spiro atoms. The molecule has 0 aliphatic heterocycles. The van der Waals surface area contributed by atoms with Gasteiger partial charge >= 0.3 is 0 Å². The van der Waals surface area contributed by atoms with Crippen LogP contribution in [0.1, 0.15) is 10.4 Å². The van der Waals surface area contributed by atoms with Crippen LogP contribution in [0.5, 0.6) is 0 Å². The van der Waals surface area contributed by atoms with Crippen molar-refractivity contribution in [3.05, 3.63) is 53.8 Å². The van der Waals surface area contributed by atoms with Crippen LogP contribution in [-0.2, 0) is 0 Å². The third-order valence-corrected chi connectivity index (χ3v) is 2.65. The first-order chi connectivity index (χ1) is 9.25. The zero-order valence-electron chi connectivity index (χ0n) is 9.63. The Morgan fingerprint density at radius 3 is 2.79 bits per heavy atom. The minimum absolute atomic E-state index is 0.0315. The maximum absolute atomic E-state index is 13.5. The van der Waals surface area contributed by atoms with Crippen molar-refractivity contribution >= 4 is 22.6 Å². The Labute approximate surface area is 107 Å². The van der Waals surface area contributed by atoms with Crippen LogP contribution in [0.2, 0.25) is 0 Å². The van der Waals surface area contributed by atoms with Gasteiger partial charge in [0.15, 0.2) is 5.52 Å². The lowest BCUT2D eigenvalue weighted by Gasteiger charge is -2.05. The first-order valence-electron chi connectivity index (χ1n) is 5.53. The Kier molecular flexibility index (Phi) is 2.68. The number of carbonyl (C=O) groups is 1. The number of aromatic nitrogens is 2. The second-order valence-electron chi connectivity index (χ2n) is 3.87. The van der Waals surface area contributed by atoms with Crippen molar-refractivity contribution in [2.75, 3.05) is 5.32 Å². The lowest BCUT2D eigenvalue weighted by atomic mass is 10.2. The highest BCUT2D eigenvalue weighted by molar-refractivity contribution is 6.07. The van der Waals surface area contributed by atoms with Gasteiger partial charge in [-0.05, 0) is 34.6 Å². The molecule has 0 saturated heterocycles. The quantitative estimate of drug-likeness (QED) is 0.766. The highest BCUT2D eigenvalue weighted by atomic mass is 19.1. The number of benzene rings is 2. The molecule has 5 nitrogen and oxygen atoms in total. The molecule has 6 heteroatoms. The SMILES string of the molecule is O=C(Nc1cccc2nonc12)c1ccccc1F. The van der Waals surface area contributed by atoms with Gasteiger partial charge < -0.3 is 5.32 Å². The van der Waals surface area contributed by atoms with Gasteiger partial charge in [0.05, 0.1) is 11.3 Å². The van der Waals surface area contributed by atoms with Gasteiger partial charge in [-0.25, -0.2) is 9.02 Å². The monoisotopic (exact) mass is 257 g/mol. The van der Waals surface area contributed by atoms with E-state index in [4.69, 9.17) is 0 Å². The molecule has 0 aliphatic rings. The summed E-state index contributed by atoms with van der Waals surface area (Å²) in [4.78, 5) is 12.0. The van der Waals surface area contributed by atoms with E-state index < -0.39 is 11.7 Å². The summed E-state index contributed by atoms with van der Waals surface area (Å²) in [7, 11) is 0. The molecule has 1 heterocycles. The number of anilines is 1. The number of nitrogens with one attached hydrogen (secondary N) is 1. The zero-order valence-corrected chi connectivity index (χ0v) is 9.63. The summed E-state index contributed by atoms with van der Waals surface area (Å²) in [6, 6.07) is 10.8. The number of amides is 1. The lowest BCUT2D eigenvalue weighted by Crippen LogP contribution is -2.13. The van der Waals surface area contributed by atoms with E-state index in [1.807, 2.05) is 0 Å². The van der Waals surface area contributed by atoms with Crippen molar-refractivity contribution in [3.63, 3.8) is 0 Å². The Morgan fingerprint density at radius 2 is 1.95 bits per heavy atom. The Balaban J connectivity index is 1.95. The lowest BCUT2D eigenvalue weighted by molar-refractivity contribution is 0.102. The van der Waals surface area contributed by atoms with Crippen LogP contribution in [0.15, 0.2) is 47.1 Å². The molecular formula is C13H8FN3O2. The number of rotatable bonds is 2. The highest BCUT2D eigenvalue weighted by Gasteiger charge is 2.13. The van der Waals surface area contributed by atoms with E-state index >= 15 is 0 Å². The predicted molar refractivity (Wildman–Crippen MR) is 66.2 cm³/mol. The second kappa shape index (κ2) is 4.49. The molecule has 94 valence electrons. The largest absolute Gasteiger partial charge is 0.320 e. The molecular weight excluding hydrogens is 249 g/mol. The number of carbonyl (C=O) groups excluding carboxylic acids is 1. The first-order valence-corrected chi connectivity index (χ1v) is 5.53. The maximum atomic E-state index is 13.5. The zero-order chi connectivity index (χ0) is 13.2. The molecule has 1 aromatic heterocycles. The molecule has 0 atom stereocenters. The van der Waals surface area contributed by atoms with E-state index in [0.717, 1.165) is 0 Å². The van der Waals surface area contributed by atoms with E-state index in [-0.39, 0.29) is 5.56 Å². The summed E-state index contributed by atoms with van der Waals surface area (Å²) in [6.07, 6.45) is 0. The van der Waals surface area contributed by atoms with Crippen molar-refractivity contribution in [1.29, 1.82) is 0 Å². The Hall–Kier alpha value is -2.76. The van der Waals surface area contributed by atoms with Crippen molar-refractivity contribution in [2.24, 2.45) is 0 Å². The molecule has 2 aromatic carbocycles. The van der Waals surface area contributed by atoms with Crippen molar-refractivity contribution in [3.8, 4) is 0 Å². The summed E-state index contributed by atoms with van der Waals surface area (Å²) in [5.74, 6) is -1.13. The van der Waals surface area contributed by atoms with Gasteiger partial charge in [0.25, 0.3) is 5.91 Å². The van der Waals surface area contributed by atoms with Crippen LogP contribution in [0.3, 0.4) is 0 Å². The van der Waals surface area contributed by atoms with Crippen LogP contribution in [-0.4, -0.2) is 16.2 Å². The van der Waals surface area contributed by atoms with Crippen LogP contribution in [0, 0.1) is 5.82 Å². The number of hydrogen-bond acceptors (Lipinski definition) is 4. The topological polar surface area (TPSA) is 68.0 Å². The van der Waals surface area contributed by atoms with Gasteiger partial charge in [0.1, 0.15) is 11.3 Å². The average molecular weight is 257 g/mol. The third-order valence-electron chi connectivity index (χ3n) is 2.65. The Morgan fingerprint density at radius 1 is 1.11 bits per heavy atom. The van der Waals surface area contributed by atoms with E-state index in [2.05, 4.69) is 20.3 Å². The molecule has 0 unspecified atom stereocenters. The molecule has 0 saturated carbocycles. The molecule has 1 amide bonds. The van der Waals surface area contributed by atoms with E-state index in [9.17, 15) is 9.18 Å². The molecule has 0 radical (unpaired) electrons. The minimum Gasteiger partial charge on any atom is -0.320 e. The summed E-state index contributed by atoms with van der Waals surface area (Å²) in [6.45, 7) is 0. The Bertz CT molecular complexity index is 754. The van der Waals surface area contributed by atoms with Crippen molar-refractivity contribution in [1.82, 2.24) is 10.3 Å². The number of nitrogens with zero attached hydrogens (tertiary/aromatic N) is 2. The molecule has 1 N–H and O–H groups in total. The van der Waals surface area contributed by atoms with E-state index in [1.54, 1.807) is 24.3 Å². The smallest absolute Gasteiger partial charge is 0.258 e. The van der Waals surface area contributed by atoms with Gasteiger partial charge in [-0.2, -0.15) is 0 Å². The fourth-order valence-electron chi connectivity index (χ4n) is 1.74. The summed E-state index contributed by atoms with van der Waals surface area (Å²) < 4.78 is 18.1. The second-order valence-corrected chi connectivity index (χ2v) is 3.87. The molecule has 19 heavy (non-hydrogen) atoms. The predicted octanol–water partition coefficient (Wildman–Crippen LogP) is 2.61. The van der Waals surface area contributed by atoms with Crippen LogP contribution in [0.25, 0.3) is 11.0 Å². The van der Waals surface area contributed by atoms with E-state index in [1.165, 1.54) is 18.2 Å². The summed E-state index contributed by atoms with van der Waals surface area (Å²) >= 11 is 0. The number of halogens is 1. The first kappa shape index (κ1) is 11.3. The molecule has 3 rings (SSSR count). The molecule has 0 bridgehead atoms. The van der Waals surface area contributed by atoms with Crippen LogP contribution in [0.4, 0.5) is 10.1 Å². The average Bonchev–Trinajstić information content (AvgIpc) is 2.88. The van der Waals surface area contributed by atoms with Crippen molar-refractivity contribution in [2.45, 2.75) is 0 Å². The standard InChI is InChI=1S/C13H8FN3O2/c14-9-5-2-1-4-8(9)13(18)15-10-6-3-7-11-12(10)17-19-16-11/h1-7H,(H,15,18). The summed E-state index contributed by atoms with van der Waals surface area (Å²) in [5.41, 5.74) is 1.33. The normalized spacial score (nSPS) is 10.6. The van der Waals surface area contributed by atoms with Crippen LogP contribution >= 0.6 is 0 Å². The number of hydrogen-bond donors (Lipinski definition) is 1. The summed E-state index contributed by atoms with van der Waals surface area (Å²) in [5, 5.41) is 9.95. The minimum atomic E-state index is -0.578. The fourth-order valence-corrected chi connectivity index (χ4v) is 1.74. The van der Waals surface area contributed by atoms with Gasteiger partial charge in [-0.15, -0.1) is 0 Å². The molecule has 3 aromatic rings. The van der Waals surface area contributed by atoms with E-state index in [0.29, 0.717) is 16.7 Å². The maximum Gasteiger partial charge on any atom is 0.258 e. The van der Waals surface area contributed by atoms with Crippen LogP contribution < -0.4 is 5.32 Å². The van der Waals surface area contributed by atoms with Gasteiger partial charge in [0, 0.05) is 0 Å². The number of fused-ring (bicyclic) bond motifs is 1. The van der Waals surface area contributed by atoms with Crippen molar-refractivity contribution < 1.29 is 13.8 Å². The van der Waals surface area contributed by atoms with Gasteiger partial charge in [-0.1, -0.05) is 18.2 Å². The highest BCUT2D eigenvalue weighted by Crippen LogP contribution is 2.20. The molecule has 0 fully saturated rings.